The van der Waals surface area contributed by atoms with E-state index in [-0.39, 0.29) is 26.1 Å². The summed E-state index contributed by atoms with van der Waals surface area (Å²) < 4.78 is 15.8. The Balaban J connectivity index is 0.000000870. The Morgan fingerprint density at radius 3 is 1.16 bits per heavy atom. The second-order valence-corrected chi connectivity index (χ2v) is 22.1. The number of hydrogen-bond acceptors (Lipinski definition) is 13. The van der Waals surface area contributed by atoms with Crippen LogP contribution in [0.5, 0.6) is 11.5 Å². The summed E-state index contributed by atoms with van der Waals surface area (Å²) in [6.07, 6.45) is 27.8. The standard InChI is InChI=1S/C35H51NO8.C34H49NO8/c1-5-7-9-12-15-18-28(37)19-16-13-10-11-14-17-20-30(35(3,42)34(40)41)32(38)36-31(33(39)43-4)26-27-21-23-29(24-22-27)44-25-8-6-2;1-4-6-8-11-14-17-27(36)18-15-12-9-10-13-16-19-29(34(3,42)33(40)41)31(37)35-30(32(38)39)25-26-20-22-28(23-21-26)43-24-7-5-2/h17,20-24,30-31,42H,5,7,9-16,18-19,25-26H2,1-4H3,(H,36,38)(H,40,41);16,19-23,29-30,42H,4,6,8-15,17-18,24-25H2,1-3H3,(H,35,37)(H,38,39)(H,40,41)/b20-17+;19-16+/t30-,31+,35+;29-,30+,34+/m11/s1. The highest BCUT2D eigenvalue weighted by Gasteiger charge is 2.44. The molecule has 0 aromatic heterocycles. The number of benzene rings is 2. The number of esters is 1. The van der Waals surface area contributed by atoms with E-state index in [4.69, 9.17) is 14.2 Å². The number of unbranched alkanes of at least 4 members (excludes halogenated alkanes) is 16. The van der Waals surface area contributed by atoms with Gasteiger partial charge in [0.15, 0.2) is 11.2 Å². The highest BCUT2D eigenvalue weighted by Crippen LogP contribution is 2.24. The van der Waals surface area contributed by atoms with Gasteiger partial charge in [-0.05, 0) is 114 Å². The molecule has 0 radical (unpaired) electrons. The van der Waals surface area contributed by atoms with Crippen molar-refractivity contribution in [2.24, 2.45) is 11.8 Å². The van der Waals surface area contributed by atoms with Gasteiger partial charge < -0.3 is 50.4 Å². The van der Waals surface area contributed by atoms with Gasteiger partial charge >= 0.3 is 23.9 Å². The van der Waals surface area contributed by atoms with Crippen LogP contribution in [0.3, 0.4) is 0 Å². The van der Waals surface area contributed by atoms with Gasteiger partial charge in [0.2, 0.25) is 11.8 Å². The minimum Gasteiger partial charge on any atom is -0.481 e. The summed E-state index contributed by atoms with van der Waals surface area (Å²) in [7, 11) is 1.20. The summed E-state index contributed by atoms with van der Waals surface area (Å²) in [6, 6.07) is 11.2. The van der Waals surface area contributed by atoms with E-state index in [0.29, 0.717) is 72.7 Å². The molecule has 7 N–H and O–H groups in total. The van der Waals surface area contributed by atoms with Crippen LogP contribution in [0, 0.1) is 35.5 Å². The lowest BCUT2D eigenvalue weighted by Crippen LogP contribution is -2.53. The predicted octanol–water partition coefficient (Wildman–Crippen LogP) is 11.0. The van der Waals surface area contributed by atoms with E-state index in [1.165, 1.54) is 57.8 Å². The van der Waals surface area contributed by atoms with Crippen LogP contribution >= 0.6 is 0 Å². The van der Waals surface area contributed by atoms with E-state index in [1.54, 1.807) is 74.5 Å². The number of aliphatic hydroxyl groups is 2. The first-order chi connectivity index (χ1) is 41.6. The van der Waals surface area contributed by atoms with Gasteiger partial charge in [-0.1, -0.05) is 151 Å². The van der Waals surface area contributed by atoms with E-state index in [9.17, 15) is 63.9 Å². The van der Waals surface area contributed by atoms with Crippen molar-refractivity contribution in [1.82, 2.24) is 10.6 Å². The molecule has 0 aliphatic heterocycles. The third-order valence-corrected chi connectivity index (χ3v) is 14.7. The maximum Gasteiger partial charge on any atom is 0.336 e. The van der Waals surface area contributed by atoms with Crippen LogP contribution in [-0.4, -0.2) is 116 Å². The van der Waals surface area contributed by atoms with Crippen molar-refractivity contribution in [2.45, 2.75) is 232 Å². The van der Waals surface area contributed by atoms with E-state index in [1.807, 2.05) is 0 Å². The SMILES string of the molecule is CC#CCOc1ccc(C[C@H](NC(=O)[C@@H](/C=C/CCCCCCC(=O)CCCCCCC)[C@](C)(O)C(=O)O)C(=O)O)cc1.CC#CCOc1ccc(C[C@H](NC(=O)[C@@H](/C=C/CCCCCCC(=O)CCCCCCC)[C@](C)(O)C(=O)O)C(=O)OC)cc1. The fourth-order valence-corrected chi connectivity index (χ4v) is 9.12. The fraction of sp³-hybridized carbons (Fsp3) is 0.594. The van der Waals surface area contributed by atoms with Gasteiger partial charge in [-0.3, -0.25) is 19.2 Å². The smallest absolute Gasteiger partial charge is 0.336 e. The average Bonchev–Trinajstić information content (AvgIpc) is 2.35. The summed E-state index contributed by atoms with van der Waals surface area (Å²) >= 11 is 0. The molecular formula is C69H100N2O16. The van der Waals surface area contributed by atoms with Gasteiger partial charge in [0.25, 0.3) is 0 Å². The summed E-state index contributed by atoms with van der Waals surface area (Å²) in [6.45, 7) is 10.3. The number of rotatable bonds is 46. The number of carbonyl (C=O) groups is 8. The topological polar surface area (TPSA) is 289 Å². The number of methoxy groups -OCH3 is 1. The van der Waals surface area contributed by atoms with Crippen molar-refractivity contribution in [1.29, 1.82) is 0 Å². The number of ketones is 2. The number of hydrogen-bond donors (Lipinski definition) is 7. The van der Waals surface area contributed by atoms with Gasteiger partial charge in [0, 0.05) is 38.5 Å². The number of nitrogens with one attached hydrogen (secondary N) is 2. The minimum absolute atomic E-state index is 0.0525. The molecule has 2 amide bonds. The third kappa shape index (κ3) is 34.0. The molecule has 2 aromatic carbocycles. The molecule has 0 saturated carbocycles. The Morgan fingerprint density at radius 2 is 0.839 bits per heavy atom. The number of carboxylic acid groups (broad SMARTS) is 3. The van der Waals surface area contributed by atoms with Crippen molar-refractivity contribution in [3.8, 4) is 35.2 Å². The maximum atomic E-state index is 13.3. The van der Waals surface area contributed by atoms with Crippen LogP contribution in [0.15, 0.2) is 72.8 Å². The first-order valence-electron chi connectivity index (χ1n) is 31.0. The van der Waals surface area contributed by atoms with Crippen molar-refractivity contribution in [3.63, 3.8) is 0 Å². The zero-order valence-electron chi connectivity index (χ0n) is 52.8. The van der Waals surface area contributed by atoms with Gasteiger partial charge in [0.1, 0.15) is 48.4 Å². The third-order valence-electron chi connectivity index (χ3n) is 14.7. The predicted molar refractivity (Wildman–Crippen MR) is 336 cm³/mol. The minimum atomic E-state index is -2.44. The molecule has 18 heteroatoms. The maximum absolute atomic E-state index is 13.3. The average molecular weight is 1210 g/mol. The van der Waals surface area contributed by atoms with Crippen LogP contribution in [0.4, 0.5) is 0 Å². The van der Waals surface area contributed by atoms with Crippen molar-refractivity contribution >= 4 is 47.3 Å². The Morgan fingerprint density at radius 1 is 0.506 bits per heavy atom. The lowest BCUT2D eigenvalue weighted by atomic mass is 9.87. The molecule has 482 valence electrons. The van der Waals surface area contributed by atoms with Crippen molar-refractivity contribution < 1.29 is 78.1 Å². The molecule has 0 fully saturated rings. The Bertz CT molecular complexity index is 2560. The Kier molecular flexibility index (Phi) is 41.1. The number of allylic oxidation sites excluding steroid dienone is 2. The molecule has 0 aliphatic carbocycles. The number of aliphatic carboxylic acids is 3. The Hall–Kier alpha value is -7.28. The van der Waals surface area contributed by atoms with Crippen LogP contribution in [0.2, 0.25) is 0 Å². The highest BCUT2D eigenvalue weighted by atomic mass is 16.5. The zero-order chi connectivity index (χ0) is 64.9. The molecule has 0 saturated heterocycles. The van der Waals surface area contributed by atoms with Gasteiger partial charge in [0.05, 0.1) is 18.9 Å². The normalized spacial score (nSPS) is 13.7. The number of amides is 2. The highest BCUT2D eigenvalue weighted by molar-refractivity contribution is 5.93. The molecule has 6 atom stereocenters. The number of ether oxygens (including phenoxy) is 3. The van der Waals surface area contributed by atoms with Gasteiger partial charge in [-0.25, -0.2) is 19.2 Å². The lowest BCUT2D eigenvalue weighted by Gasteiger charge is -2.27. The molecule has 0 bridgehead atoms. The molecule has 0 heterocycles. The van der Waals surface area contributed by atoms with Gasteiger partial charge in [-0.2, -0.15) is 0 Å². The first kappa shape index (κ1) is 77.7. The molecule has 2 aromatic rings. The number of carboxylic acids is 3. The zero-order valence-corrected chi connectivity index (χ0v) is 52.8. The summed E-state index contributed by atoms with van der Waals surface area (Å²) in [4.78, 5) is 98.4. The molecule has 0 unspecified atom stereocenters. The monoisotopic (exact) mass is 1210 g/mol. The van der Waals surface area contributed by atoms with Crippen molar-refractivity contribution in [3.05, 3.63) is 84.0 Å². The molecule has 0 spiro atoms. The first-order valence-corrected chi connectivity index (χ1v) is 31.0. The van der Waals surface area contributed by atoms with E-state index in [2.05, 4.69) is 48.2 Å². The quantitative estimate of drug-likeness (QED) is 0.0140. The molecular weight excluding hydrogens is 1110 g/mol. The second-order valence-electron chi connectivity index (χ2n) is 22.1. The lowest BCUT2D eigenvalue weighted by molar-refractivity contribution is -0.164. The van der Waals surface area contributed by atoms with E-state index >= 15 is 0 Å². The molecule has 87 heavy (non-hydrogen) atoms. The molecule has 18 nitrogen and oxygen atoms in total. The Labute approximate surface area is 517 Å². The summed E-state index contributed by atoms with van der Waals surface area (Å²) in [5.41, 5.74) is -3.52. The van der Waals surface area contributed by atoms with Crippen LogP contribution in [0.1, 0.15) is 207 Å². The number of Topliss-reactive ketones (excluding diaryl/α,β-unsaturated/α-hetero) is 2. The van der Waals surface area contributed by atoms with Crippen LogP contribution in [-0.2, 0) is 55.9 Å². The summed E-state index contributed by atoms with van der Waals surface area (Å²) in [5.74, 6) is 3.02. The fourth-order valence-electron chi connectivity index (χ4n) is 9.12. The van der Waals surface area contributed by atoms with Crippen molar-refractivity contribution in [2.75, 3.05) is 20.3 Å². The summed E-state index contributed by atoms with van der Waals surface area (Å²) in [5, 5.41) is 55.1. The largest absolute Gasteiger partial charge is 0.481 e. The molecule has 0 aliphatic rings. The number of carbonyl (C=O) groups excluding carboxylic acids is 5. The van der Waals surface area contributed by atoms with E-state index in [0.717, 1.165) is 90.9 Å². The second kappa shape index (κ2) is 46.0. The molecule has 2 rings (SSSR count). The van der Waals surface area contributed by atoms with Gasteiger partial charge in [-0.15, -0.1) is 11.8 Å². The van der Waals surface area contributed by atoms with E-state index < -0.39 is 70.8 Å². The van der Waals surface area contributed by atoms with Crippen LogP contribution < -0.4 is 20.1 Å². The van der Waals surface area contributed by atoms with Crippen LogP contribution in [0.25, 0.3) is 0 Å².